The predicted molar refractivity (Wildman–Crippen MR) is 89.3 cm³/mol. The molecule has 22 heavy (non-hydrogen) atoms. The van der Waals surface area contributed by atoms with Gasteiger partial charge in [-0.25, -0.2) is 9.97 Å². The highest BCUT2D eigenvalue weighted by atomic mass is 32.1. The van der Waals surface area contributed by atoms with Gasteiger partial charge < -0.3 is 9.88 Å². The summed E-state index contributed by atoms with van der Waals surface area (Å²) in [5.41, 5.74) is 4.06. The zero-order valence-corrected chi connectivity index (χ0v) is 12.7. The molecule has 1 aromatic carbocycles. The van der Waals surface area contributed by atoms with Crippen LogP contribution in [0.4, 0.5) is 11.1 Å². The number of fused-ring (bicyclic) bond motifs is 1. The lowest BCUT2D eigenvalue weighted by Crippen LogP contribution is -1.98. The van der Waals surface area contributed by atoms with E-state index in [0.29, 0.717) is 0 Å². The number of imidazole rings is 1. The van der Waals surface area contributed by atoms with Crippen molar-refractivity contribution in [3.8, 4) is 11.3 Å². The molecule has 5 nitrogen and oxygen atoms in total. The van der Waals surface area contributed by atoms with Crippen molar-refractivity contribution < 1.29 is 0 Å². The first-order valence-corrected chi connectivity index (χ1v) is 7.73. The van der Waals surface area contributed by atoms with Crippen molar-refractivity contribution in [2.75, 3.05) is 5.32 Å². The summed E-state index contributed by atoms with van der Waals surface area (Å²) < 4.78 is 2.03. The summed E-state index contributed by atoms with van der Waals surface area (Å²) in [7, 11) is 2.00. The minimum absolute atomic E-state index is 0.789. The molecule has 0 aliphatic rings. The van der Waals surface area contributed by atoms with Gasteiger partial charge in [-0.2, -0.15) is 0 Å². The van der Waals surface area contributed by atoms with Crippen molar-refractivity contribution in [1.82, 2.24) is 19.5 Å². The number of hydrogen-bond acceptors (Lipinski definition) is 5. The molecule has 0 radical (unpaired) electrons. The molecule has 0 unspecified atom stereocenters. The molecular weight excluding hydrogens is 294 g/mol. The monoisotopic (exact) mass is 307 g/mol. The lowest BCUT2D eigenvalue weighted by molar-refractivity contribution is 0.957. The van der Waals surface area contributed by atoms with Crippen LogP contribution in [-0.4, -0.2) is 19.5 Å². The van der Waals surface area contributed by atoms with Crippen LogP contribution in [0.15, 0.2) is 54.2 Å². The molecule has 0 spiro atoms. The molecule has 0 atom stereocenters. The Labute approximate surface area is 131 Å². The number of aromatic nitrogens is 4. The summed E-state index contributed by atoms with van der Waals surface area (Å²) in [5.74, 6) is 0.789. The van der Waals surface area contributed by atoms with Gasteiger partial charge in [0, 0.05) is 30.4 Å². The van der Waals surface area contributed by atoms with Gasteiger partial charge in [-0.15, -0.1) is 11.3 Å². The van der Waals surface area contributed by atoms with E-state index in [4.69, 9.17) is 0 Å². The van der Waals surface area contributed by atoms with E-state index in [1.807, 2.05) is 47.3 Å². The summed E-state index contributed by atoms with van der Waals surface area (Å²) in [5, 5.41) is 6.15. The Morgan fingerprint density at radius 3 is 2.68 bits per heavy atom. The fourth-order valence-corrected chi connectivity index (χ4v) is 3.05. The lowest BCUT2D eigenvalue weighted by Gasteiger charge is -2.02. The van der Waals surface area contributed by atoms with E-state index in [1.165, 1.54) is 0 Å². The van der Waals surface area contributed by atoms with Crippen LogP contribution >= 0.6 is 11.3 Å². The smallest absolute Gasteiger partial charge is 0.209 e. The lowest BCUT2D eigenvalue weighted by atomic mass is 10.2. The minimum Gasteiger partial charge on any atom is -0.313 e. The van der Waals surface area contributed by atoms with Gasteiger partial charge in [0.25, 0.3) is 0 Å². The van der Waals surface area contributed by atoms with Gasteiger partial charge in [-0.05, 0) is 24.3 Å². The van der Waals surface area contributed by atoms with Crippen molar-refractivity contribution in [3.05, 3.63) is 54.2 Å². The average Bonchev–Trinajstić information content (AvgIpc) is 3.15. The Hall–Kier alpha value is -2.73. The second-order valence-corrected chi connectivity index (χ2v) is 5.74. The number of para-hydroxylation sites is 2. The highest BCUT2D eigenvalue weighted by Crippen LogP contribution is 2.27. The Bertz CT molecular complexity index is 926. The standard InChI is InChI=1S/C16H13N5S/c1-21-14-5-3-2-4-12(14)18-15(21)20-16-19-13(10-22-16)11-6-8-17-9-7-11/h2-10H,1H3,(H,18,19,20). The molecule has 108 valence electrons. The number of benzene rings is 1. The van der Waals surface area contributed by atoms with E-state index in [-0.39, 0.29) is 0 Å². The Kier molecular flexibility index (Phi) is 3.08. The van der Waals surface area contributed by atoms with E-state index in [9.17, 15) is 0 Å². The quantitative estimate of drug-likeness (QED) is 0.625. The molecule has 3 heterocycles. The first kappa shape index (κ1) is 13.0. The third-order valence-corrected chi connectivity index (χ3v) is 4.24. The van der Waals surface area contributed by atoms with Crippen LogP contribution in [0.2, 0.25) is 0 Å². The zero-order chi connectivity index (χ0) is 14.9. The topological polar surface area (TPSA) is 55.6 Å². The SMILES string of the molecule is Cn1c(Nc2nc(-c3ccncc3)cs2)nc2ccccc21. The van der Waals surface area contributed by atoms with E-state index >= 15 is 0 Å². The fourth-order valence-electron chi connectivity index (χ4n) is 2.34. The largest absolute Gasteiger partial charge is 0.313 e. The molecular formula is C16H13N5S. The number of pyridine rings is 1. The van der Waals surface area contributed by atoms with E-state index in [2.05, 4.69) is 26.3 Å². The van der Waals surface area contributed by atoms with E-state index < -0.39 is 0 Å². The highest BCUT2D eigenvalue weighted by Gasteiger charge is 2.10. The maximum Gasteiger partial charge on any atom is 0.209 e. The van der Waals surface area contributed by atoms with Gasteiger partial charge in [0.15, 0.2) is 5.13 Å². The first-order valence-electron chi connectivity index (χ1n) is 6.86. The van der Waals surface area contributed by atoms with Crippen LogP contribution in [-0.2, 0) is 7.05 Å². The van der Waals surface area contributed by atoms with Gasteiger partial charge in [-0.3, -0.25) is 4.98 Å². The summed E-state index contributed by atoms with van der Waals surface area (Å²) >= 11 is 1.56. The Balaban J connectivity index is 1.66. The predicted octanol–water partition coefficient (Wildman–Crippen LogP) is 3.84. The maximum atomic E-state index is 4.61. The molecule has 3 aromatic heterocycles. The van der Waals surface area contributed by atoms with Crippen molar-refractivity contribution in [2.45, 2.75) is 0 Å². The molecule has 0 aliphatic carbocycles. The molecule has 0 saturated carbocycles. The summed E-state index contributed by atoms with van der Waals surface area (Å²) in [6, 6.07) is 12.0. The summed E-state index contributed by atoms with van der Waals surface area (Å²) in [6.07, 6.45) is 3.54. The molecule has 4 rings (SSSR count). The van der Waals surface area contributed by atoms with Crippen molar-refractivity contribution in [2.24, 2.45) is 7.05 Å². The molecule has 1 N–H and O–H groups in total. The minimum atomic E-state index is 0.789. The Morgan fingerprint density at radius 2 is 1.86 bits per heavy atom. The second kappa shape index (κ2) is 5.23. The number of hydrogen-bond donors (Lipinski definition) is 1. The number of nitrogens with zero attached hydrogens (tertiary/aromatic N) is 4. The van der Waals surface area contributed by atoms with Crippen LogP contribution in [0.25, 0.3) is 22.3 Å². The summed E-state index contributed by atoms with van der Waals surface area (Å²) in [4.78, 5) is 13.2. The molecule has 0 amide bonds. The fraction of sp³-hybridized carbons (Fsp3) is 0.0625. The maximum absolute atomic E-state index is 4.61. The van der Waals surface area contributed by atoms with Crippen LogP contribution in [0.5, 0.6) is 0 Å². The molecule has 0 aliphatic heterocycles. The van der Waals surface area contributed by atoms with Crippen LogP contribution in [0.1, 0.15) is 0 Å². The molecule has 0 saturated heterocycles. The van der Waals surface area contributed by atoms with E-state index in [0.717, 1.165) is 33.4 Å². The summed E-state index contributed by atoms with van der Waals surface area (Å²) in [6.45, 7) is 0. The molecule has 0 bridgehead atoms. The Morgan fingerprint density at radius 1 is 1.05 bits per heavy atom. The van der Waals surface area contributed by atoms with Gasteiger partial charge >= 0.3 is 0 Å². The van der Waals surface area contributed by atoms with Crippen LogP contribution in [0, 0.1) is 0 Å². The van der Waals surface area contributed by atoms with Gasteiger partial charge in [0.1, 0.15) is 0 Å². The zero-order valence-electron chi connectivity index (χ0n) is 11.9. The molecule has 0 fully saturated rings. The molecule has 4 aromatic rings. The normalized spacial score (nSPS) is 11.0. The second-order valence-electron chi connectivity index (χ2n) is 4.88. The van der Waals surface area contributed by atoms with Crippen LogP contribution < -0.4 is 5.32 Å². The van der Waals surface area contributed by atoms with Crippen molar-refractivity contribution in [3.63, 3.8) is 0 Å². The number of thiazole rings is 1. The van der Waals surface area contributed by atoms with E-state index in [1.54, 1.807) is 23.7 Å². The van der Waals surface area contributed by atoms with Gasteiger partial charge in [0.05, 0.1) is 16.7 Å². The third-order valence-electron chi connectivity index (χ3n) is 3.49. The average molecular weight is 307 g/mol. The number of rotatable bonds is 3. The van der Waals surface area contributed by atoms with Crippen molar-refractivity contribution in [1.29, 1.82) is 0 Å². The molecule has 6 heteroatoms. The number of aryl methyl sites for hydroxylation is 1. The third kappa shape index (κ3) is 2.23. The number of anilines is 2. The van der Waals surface area contributed by atoms with Gasteiger partial charge in [-0.1, -0.05) is 12.1 Å². The number of nitrogens with one attached hydrogen (secondary N) is 1. The highest BCUT2D eigenvalue weighted by molar-refractivity contribution is 7.14. The van der Waals surface area contributed by atoms with Crippen LogP contribution in [0.3, 0.4) is 0 Å². The first-order chi connectivity index (χ1) is 10.8. The van der Waals surface area contributed by atoms with Gasteiger partial charge in [0.2, 0.25) is 5.95 Å². The van der Waals surface area contributed by atoms with Crippen molar-refractivity contribution >= 4 is 33.5 Å².